The van der Waals surface area contributed by atoms with Gasteiger partial charge in [0.25, 0.3) is 5.91 Å². The summed E-state index contributed by atoms with van der Waals surface area (Å²) in [6.07, 6.45) is 0.0434. The van der Waals surface area contributed by atoms with Crippen molar-refractivity contribution in [3.8, 4) is 16.9 Å². The molecule has 8 heteroatoms. The fourth-order valence-electron chi connectivity index (χ4n) is 3.00. The molecule has 0 aromatic heterocycles. The predicted molar refractivity (Wildman–Crippen MR) is 138 cm³/mol. The van der Waals surface area contributed by atoms with Gasteiger partial charge in [-0.1, -0.05) is 64.5 Å². The Hall–Kier alpha value is -2.97. The second-order valence-electron chi connectivity index (χ2n) is 7.34. The van der Waals surface area contributed by atoms with E-state index in [-0.39, 0.29) is 18.9 Å². The molecule has 3 aromatic rings. The van der Waals surface area contributed by atoms with E-state index in [9.17, 15) is 9.59 Å². The standard InChI is InChI=1S/C25H23Br2N3O3/c1-16-12-23(21(27)14-20(16)26)33-15-25(32)30-29-17(2)13-24(31)28-22-11-7-6-10-19(22)18-8-4-3-5-9-18/h3-12,14H,13,15H2,1-2H3,(H,28,31)(H,30,32)/b29-17+. The summed E-state index contributed by atoms with van der Waals surface area (Å²) in [7, 11) is 0. The Morgan fingerprint density at radius 3 is 2.39 bits per heavy atom. The molecular formula is C25H23Br2N3O3. The van der Waals surface area contributed by atoms with E-state index in [1.165, 1.54) is 0 Å². The average molecular weight is 573 g/mol. The summed E-state index contributed by atoms with van der Waals surface area (Å²) in [5, 5.41) is 6.93. The van der Waals surface area contributed by atoms with Gasteiger partial charge in [0, 0.05) is 21.4 Å². The molecule has 0 radical (unpaired) electrons. The third-order valence-electron chi connectivity index (χ3n) is 4.65. The monoisotopic (exact) mass is 571 g/mol. The highest BCUT2D eigenvalue weighted by Gasteiger charge is 2.11. The van der Waals surface area contributed by atoms with Gasteiger partial charge in [0.15, 0.2) is 6.61 Å². The van der Waals surface area contributed by atoms with Crippen LogP contribution in [0.3, 0.4) is 0 Å². The zero-order valence-corrected chi connectivity index (χ0v) is 21.4. The van der Waals surface area contributed by atoms with Crippen LogP contribution in [0.15, 0.2) is 80.8 Å². The van der Waals surface area contributed by atoms with E-state index in [2.05, 4.69) is 47.7 Å². The first-order valence-electron chi connectivity index (χ1n) is 10.2. The van der Waals surface area contributed by atoms with Crippen LogP contribution in [-0.4, -0.2) is 24.1 Å². The quantitative estimate of drug-likeness (QED) is 0.253. The minimum absolute atomic E-state index is 0.0434. The van der Waals surface area contributed by atoms with Gasteiger partial charge >= 0.3 is 0 Å². The number of hydrogen-bond acceptors (Lipinski definition) is 4. The van der Waals surface area contributed by atoms with Gasteiger partial charge in [-0.3, -0.25) is 9.59 Å². The van der Waals surface area contributed by atoms with Gasteiger partial charge < -0.3 is 10.1 Å². The number of hydrogen-bond donors (Lipinski definition) is 2. The normalized spacial score (nSPS) is 11.1. The maximum Gasteiger partial charge on any atom is 0.277 e. The van der Waals surface area contributed by atoms with Crippen molar-refractivity contribution in [2.45, 2.75) is 20.3 Å². The van der Waals surface area contributed by atoms with Crippen LogP contribution in [0.5, 0.6) is 5.75 Å². The van der Waals surface area contributed by atoms with Crippen LogP contribution < -0.4 is 15.5 Å². The summed E-state index contributed by atoms with van der Waals surface area (Å²) in [4.78, 5) is 24.6. The molecule has 0 aliphatic heterocycles. The van der Waals surface area contributed by atoms with Gasteiger partial charge in [0.2, 0.25) is 5.91 Å². The van der Waals surface area contributed by atoms with Gasteiger partial charge in [0.1, 0.15) is 5.75 Å². The first-order valence-corrected chi connectivity index (χ1v) is 11.8. The molecule has 2 N–H and O–H groups in total. The van der Waals surface area contributed by atoms with Crippen molar-refractivity contribution in [3.63, 3.8) is 0 Å². The third kappa shape index (κ3) is 7.27. The number of hydrazone groups is 1. The van der Waals surface area contributed by atoms with Gasteiger partial charge in [0.05, 0.1) is 10.9 Å². The summed E-state index contributed by atoms with van der Waals surface area (Å²) in [5.74, 6) is -0.0842. The van der Waals surface area contributed by atoms with Gasteiger partial charge in [-0.25, -0.2) is 5.43 Å². The number of ether oxygens (including phenoxy) is 1. The van der Waals surface area contributed by atoms with Crippen LogP contribution in [0.1, 0.15) is 18.9 Å². The van der Waals surface area contributed by atoms with Gasteiger partial charge in [-0.15, -0.1) is 0 Å². The lowest BCUT2D eigenvalue weighted by Crippen LogP contribution is -2.26. The number of anilines is 1. The number of nitrogens with one attached hydrogen (secondary N) is 2. The summed E-state index contributed by atoms with van der Waals surface area (Å²) < 4.78 is 7.23. The van der Waals surface area contributed by atoms with Crippen LogP contribution >= 0.6 is 31.9 Å². The van der Waals surface area contributed by atoms with Crippen LogP contribution in [0.25, 0.3) is 11.1 Å². The minimum atomic E-state index is -0.420. The van der Waals surface area contributed by atoms with E-state index < -0.39 is 5.91 Å². The molecule has 170 valence electrons. The molecule has 33 heavy (non-hydrogen) atoms. The van der Waals surface area contributed by atoms with Crippen molar-refractivity contribution in [1.82, 2.24) is 5.43 Å². The first kappa shape index (κ1) is 24.7. The Morgan fingerprint density at radius 2 is 1.64 bits per heavy atom. The lowest BCUT2D eigenvalue weighted by Gasteiger charge is -2.11. The SMILES string of the molecule is C/C(CC(=O)Nc1ccccc1-c1ccccc1)=N\NC(=O)COc1cc(C)c(Br)cc1Br. The topological polar surface area (TPSA) is 79.8 Å². The number of nitrogens with zero attached hydrogens (tertiary/aromatic N) is 1. The van der Waals surface area contributed by atoms with Crippen LogP contribution in [0.4, 0.5) is 5.69 Å². The smallest absolute Gasteiger partial charge is 0.277 e. The number of amides is 2. The van der Waals surface area contributed by atoms with Crippen molar-refractivity contribution in [2.75, 3.05) is 11.9 Å². The van der Waals surface area contributed by atoms with Crippen molar-refractivity contribution in [2.24, 2.45) is 5.10 Å². The number of carbonyl (C=O) groups excluding carboxylic acids is 2. The lowest BCUT2D eigenvalue weighted by molar-refractivity contribution is -0.123. The Kier molecular flexibility index (Phi) is 8.79. The Bertz CT molecular complexity index is 1180. The molecule has 0 spiro atoms. The molecule has 6 nitrogen and oxygen atoms in total. The van der Waals surface area contributed by atoms with E-state index >= 15 is 0 Å². The fraction of sp³-hybridized carbons (Fsp3) is 0.160. The molecule has 0 heterocycles. The Morgan fingerprint density at radius 1 is 0.939 bits per heavy atom. The summed E-state index contributed by atoms with van der Waals surface area (Å²) in [5.41, 5.74) is 6.54. The maximum atomic E-state index is 12.5. The number of para-hydroxylation sites is 1. The molecule has 0 unspecified atom stereocenters. The molecule has 2 amide bonds. The molecule has 3 aromatic carbocycles. The highest BCUT2D eigenvalue weighted by atomic mass is 79.9. The number of rotatable bonds is 8. The minimum Gasteiger partial charge on any atom is -0.483 e. The van der Waals surface area contributed by atoms with Crippen molar-refractivity contribution < 1.29 is 14.3 Å². The van der Waals surface area contributed by atoms with E-state index in [4.69, 9.17) is 4.74 Å². The zero-order valence-electron chi connectivity index (χ0n) is 18.2. The lowest BCUT2D eigenvalue weighted by atomic mass is 10.0. The van der Waals surface area contributed by atoms with Crippen LogP contribution in [-0.2, 0) is 9.59 Å². The molecular weight excluding hydrogens is 550 g/mol. The second kappa shape index (κ2) is 11.8. The van der Waals surface area contributed by atoms with Crippen LogP contribution in [0, 0.1) is 6.92 Å². The summed E-state index contributed by atoms with van der Waals surface area (Å²) >= 11 is 6.85. The summed E-state index contributed by atoms with van der Waals surface area (Å²) in [6.45, 7) is 3.41. The molecule has 0 atom stereocenters. The molecule has 0 fully saturated rings. The Labute approximate surface area is 209 Å². The van der Waals surface area contributed by atoms with E-state index in [1.54, 1.807) is 6.92 Å². The Balaban J connectivity index is 1.53. The highest BCUT2D eigenvalue weighted by Crippen LogP contribution is 2.31. The maximum absolute atomic E-state index is 12.5. The molecule has 3 rings (SSSR count). The second-order valence-corrected chi connectivity index (χ2v) is 9.05. The van der Waals surface area contributed by atoms with Crippen molar-refractivity contribution >= 4 is 55.1 Å². The first-order chi connectivity index (χ1) is 15.8. The number of aryl methyl sites for hydroxylation is 1. The van der Waals surface area contributed by atoms with E-state index in [0.717, 1.165) is 25.6 Å². The molecule has 0 aliphatic carbocycles. The number of benzene rings is 3. The van der Waals surface area contributed by atoms with E-state index in [0.29, 0.717) is 17.1 Å². The predicted octanol–water partition coefficient (Wildman–Crippen LogP) is 6.09. The van der Waals surface area contributed by atoms with Gasteiger partial charge in [-0.2, -0.15) is 5.10 Å². The highest BCUT2D eigenvalue weighted by molar-refractivity contribution is 9.11. The molecule has 0 aliphatic rings. The molecule has 0 bridgehead atoms. The van der Waals surface area contributed by atoms with Crippen LogP contribution in [0.2, 0.25) is 0 Å². The van der Waals surface area contributed by atoms with Gasteiger partial charge in [-0.05, 0) is 59.1 Å². The average Bonchev–Trinajstić information content (AvgIpc) is 2.80. The van der Waals surface area contributed by atoms with E-state index in [1.807, 2.05) is 73.7 Å². The zero-order chi connectivity index (χ0) is 23.8. The third-order valence-corrected chi connectivity index (χ3v) is 6.12. The number of carbonyl (C=O) groups is 2. The molecule has 0 saturated carbocycles. The largest absolute Gasteiger partial charge is 0.483 e. The van der Waals surface area contributed by atoms with Crippen molar-refractivity contribution in [3.05, 3.63) is 81.2 Å². The number of halogens is 2. The van der Waals surface area contributed by atoms with Crippen molar-refractivity contribution in [1.29, 1.82) is 0 Å². The fourth-order valence-corrected chi connectivity index (χ4v) is 4.11. The summed E-state index contributed by atoms with van der Waals surface area (Å²) in [6, 6.07) is 21.1. The molecule has 0 saturated heterocycles.